The number of aryl methyl sites for hydroxylation is 2. The summed E-state index contributed by atoms with van der Waals surface area (Å²) in [4.78, 5) is 12.4. The quantitative estimate of drug-likeness (QED) is 0.592. The summed E-state index contributed by atoms with van der Waals surface area (Å²) in [5.74, 6) is 0.462. The van der Waals surface area contributed by atoms with Crippen LogP contribution in [0.25, 0.3) is 5.69 Å². The molecule has 0 radical (unpaired) electrons. The molecule has 4 rings (SSSR count). The zero-order valence-electron chi connectivity index (χ0n) is 15.9. The summed E-state index contributed by atoms with van der Waals surface area (Å²) in [5, 5.41) is 8.44. The first-order valence-corrected chi connectivity index (χ1v) is 10.1. The summed E-state index contributed by atoms with van der Waals surface area (Å²) in [6.45, 7) is 2.71. The van der Waals surface area contributed by atoms with E-state index >= 15 is 0 Å². The van der Waals surface area contributed by atoms with Crippen molar-refractivity contribution in [1.29, 1.82) is 0 Å². The van der Waals surface area contributed by atoms with Crippen LogP contribution in [0.3, 0.4) is 0 Å². The molecule has 0 spiro atoms. The number of benzene rings is 2. The molecule has 2 atom stereocenters. The van der Waals surface area contributed by atoms with Gasteiger partial charge >= 0.3 is 0 Å². The molecule has 1 aromatic heterocycles. The summed E-state index contributed by atoms with van der Waals surface area (Å²) in [6, 6.07) is 17.9. The lowest BCUT2D eigenvalue weighted by atomic mass is 10.1. The summed E-state index contributed by atoms with van der Waals surface area (Å²) >= 11 is 6.25. The third-order valence-electron chi connectivity index (χ3n) is 5.38. The van der Waals surface area contributed by atoms with Crippen LogP contribution >= 0.6 is 11.6 Å². The molecule has 2 unspecified atom stereocenters. The van der Waals surface area contributed by atoms with E-state index in [-0.39, 0.29) is 17.7 Å². The molecule has 144 valence electrons. The number of halogens is 1. The van der Waals surface area contributed by atoms with Gasteiger partial charge in [0.15, 0.2) is 0 Å². The molecular formula is C23H24ClN3O. The minimum absolute atomic E-state index is 0.0578. The summed E-state index contributed by atoms with van der Waals surface area (Å²) in [6.07, 6.45) is 4.77. The van der Waals surface area contributed by atoms with Gasteiger partial charge in [0.05, 0.1) is 11.4 Å². The Kier molecular flexibility index (Phi) is 5.49. The lowest BCUT2D eigenvalue weighted by Gasteiger charge is -2.06. The van der Waals surface area contributed by atoms with E-state index in [9.17, 15) is 4.79 Å². The molecule has 0 aliphatic heterocycles. The number of para-hydroxylation sites is 1. The molecule has 28 heavy (non-hydrogen) atoms. The predicted molar refractivity (Wildman–Crippen MR) is 112 cm³/mol. The lowest BCUT2D eigenvalue weighted by molar-refractivity contribution is -0.122. The predicted octanol–water partition coefficient (Wildman–Crippen LogP) is 4.69. The Morgan fingerprint density at radius 2 is 1.93 bits per heavy atom. The highest BCUT2D eigenvalue weighted by atomic mass is 35.5. The first-order chi connectivity index (χ1) is 13.6. The van der Waals surface area contributed by atoms with Crippen molar-refractivity contribution in [1.82, 2.24) is 15.1 Å². The van der Waals surface area contributed by atoms with E-state index in [1.165, 1.54) is 5.56 Å². The molecule has 1 heterocycles. The van der Waals surface area contributed by atoms with Gasteiger partial charge in [-0.05, 0) is 61.4 Å². The van der Waals surface area contributed by atoms with Crippen molar-refractivity contribution in [2.45, 2.75) is 32.1 Å². The Bertz CT molecular complexity index is 967. The van der Waals surface area contributed by atoms with Crippen LogP contribution in [0.15, 0.2) is 60.8 Å². The Hall–Kier alpha value is -2.59. The SMILES string of the molecule is Cc1nn(-c2ccccc2)cc1CCCNC(=O)C1CC1c1ccccc1Cl. The van der Waals surface area contributed by atoms with Crippen LogP contribution in [0, 0.1) is 12.8 Å². The maximum absolute atomic E-state index is 12.4. The van der Waals surface area contributed by atoms with Crippen molar-refractivity contribution in [3.8, 4) is 5.69 Å². The van der Waals surface area contributed by atoms with Gasteiger partial charge in [-0.3, -0.25) is 4.79 Å². The standard InChI is InChI=1S/C23H24ClN3O/c1-16-17(15-27(26-16)18-9-3-2-4-10-18)8-7-13-25-23(28)21-14-20(21)19-11-5-6-12-22(19)24/h2-6,9-12,15,20-21H,7-8,13-14H2,1H3,(H,25,28). The van der Waals surface area contributed by atoms with E-state index in [2.05, 4.69) is 16.6 Å². The van der Waals surface area contributed by atoms with Gasteiger partial charge in [-0.1, -0.05) is 48.0 Å². The lowest BCUT2D eigenvalue weighted by Crippen LogP contribution is -2.26. The second-order valence-corrected chi connectivity index (χ2v) is 7.79. The van der Waals surface area contributed by atoms with Gasteiger partial charge in [0.1, 0.15) is 0 Å². The summed E-state index contributed by atoms with van der Waals surface area (Å²) in [5.41, 5.74) is 4.41. The number of hydrogen-bond acceptors (Lipinski definition) is 2. The number of nitrogens with zero attached hydrogens (tertiary/aromatic N) is 2. The van der Waals surface area contributed by atoms with Crippen molar-refractivity contribution in [2.75, 3.05) is 6.54 Å². The highest BCUT2D eigenvalue weighted by Gasteiger charge is 2.44. The molecule has 1 aliphatic rings. The molecule has 3 aromatic rings. The smallest absolute Gasteiger partial charge is 0.223 e. The zero-order valence-corrected chi connectivity index (χ0v) is 16.7. The zero-order chi connectivity index (χ0) is 19.5. The maximum atomic E-state index is 12.4. The highest BCUT2D eigenvalue weighted by molar-refractivity contribution is 6.31. The molecule has 1 fully saturated rings. The first-order valence-electron chi connectivity index (χ1n) is 9.76. The number of hydrogen-bond donors (Lipinski definition) is 1. The van der Waals surface area contributed by atoms with E-state index < -0.39 is 0 Å². The van der Waals surface area contributed by atoms with E-state index in [4.69, 9.17) is 11.6 Å². The molecule has 0 bridgehead atoms. The molecule has 1 N–H and O–H groups in total. The highest BCUT2D eigenvalue weighted by Crippen LogP contribution is 2.49. The molecule has 1 saturated carbocycles. The normalized spacial score (nSPS) is 18.1. The number of rotatable bonds is 7. The number of carbonyl (C=O) groups is 1. The van der Waals surface area contributed by atoms with Crippen molar-refractivity contribution >= 4 is 17.5 Å². The number of carbonyl (C=O) groups excluding carboxylic acids is 1. The van der Waals surface area contributed by atoms with Gasteiger partial charge in [-0.2, -0.15) is 5.10 Å². The van der Waals surface area contributed by atoms with Crippen LogP contribution in [0.5, 0.6) is 0 Å². The Morgan fingerprint density at radius 1 is 1.18 bits per heavy atom. The van der Waals surface area contributed by atoms with E-state index in [1.54, 1.807) is 0 Å². The van der Waals surface area contributed by atoms with E-state index in [1.807, 2.05) is 66.2 Å². The van der Waals surface area contributed by atoms with Crippen molar-refractivity contribution in [2.24, 2.45) is 5.92 Å². The number of amides is 1. The summed E-state index contributed by atoms with van der Waals surface area (Å²) < 4.78 is 1.92. The minimum atomic E-state index is 0.0578. The fourth-order valence-electron chi connectivity index (χ4n) is 3.68. The average Bonchev–Trinajstić information content (AvgIpc) is 3.42. The van der Waals surface area contributed by atoms with Crippen LogP contribution in [0.4, 0.5) is 0 Å². The van der Waals surface area contributed by atoms with Gasteiger partial charge in [-0.25, -0.2) is 4.68 Å². The second kappa shape index (κ2) is 8.19. The fourth-order valence-corrected chi connectivity index (χ4v) is 3.96. The van der Waals surface area contributed by atoms with Crippen molar-refractivity contribution < 1.29 is 4.79 Å². The van der Waals surface area contributed by atoms with Gasteiger partial charge in [0, 0.05) is 23.7 Å². The summed E-state index contributed by atoms with van der Waals surface area (Å²) in [7, 11) is 0. The van der Waals surface area contributed by atoms with Crippen LogP contribution < -0.4 is 5.32 Å². The molecule has 5 heteroatoms. The topological polar surface area (TPSA) is 46.9 Å². The van der Waals surface area contributed by atoms with Crippen LogP contribution in [-0.4, -0.2) is 22.2 Å². The Labute approximate surface area is 170 Å². The van der Waals surface area contributed by atoms with Crippen LogP contribution in [0.2, 0.25) is 5.02 Å². The molecule has 4 nitrogen and oxygen atoms in total. The molecule has 2 aromatic carbocycles. The third kappa shape index (κ3) is 4.12. The van der Waals surface area contributed by atoms with Gasteiger partial charge in [0.2, 0.25) is 5.91 Å². The van der Waals surface area contributed by atoms with Crippen LogP contribution in [0.1, 0.15) is 35.6 Å². The maximum Gasteiger partial charge on any atom is 0.223 e. The minimum Gasteiger partial charge on any atom is -0.356 e. The Morgan fingerprint density at radius 3 is 2.71 bits per heavy atom. The Balaban J connectivity index is 1.25. The third-order valence-corrected chi connectivity index (χ3v) is 5.72. The fraction of sp³-hybridized carbons (Fsp3) is 0.304. The number of nitrogens with one attached hydrogen (secondary N) is 1. The average molecular weight is 394 g/mol. The largest absolute Gasteiger partial charge is 0.356 e. The second-order valence-electron chi connectivity index (χ2n) is 7.38. The molecular weight excluding hydrogens is 370 g/mol. The van der Waals surface area contributed by atoms with Crippen molar-refractivity contribution in [3.63, 3.8) is 0 Å². The van der Waals surface area contributed by atoms with E-state index in [0.717, 1.165) is 41.2 Å². The van der Waals surface area contributed by atoms with Gasteiger partial charge in [-0.15, -0.1) is 0 Å². The number of aromatic nitrogens is 2. The van der Waals surface area contributed by atoms with Gasteiger partial charge < -0.3 is 5.32 Å². The molecule has 1 aliphatic carbocycles. The monoisotopic (exact) mass is 393 g/mol. The van der Waals surface area contributed by atoms with Crippen LogP contribution in [-0.2, 0) is 11.2 Å². The van der Waals surface area contributed by atoms with Gasteiger partial charge in [0.25, 0.3) is 0 Å². The molecule has 0 saturated heterocycles. The van der Waals surface area contributed by atoms with Crippen molar-refractivity contribution in [3.05, 3.63) is 82.6 Å². The molecule has 1 amide bonds. The first kappa shape index (κ1) is 18.8. The van der Waals surface area contributed by atoms with E-state index in [0.29, 0.717) is 6.54 Å².